The largest absolute Gasteiger partial charge is 0.493 e. The number of para-hydroxylation sites is 2. The maximum atomic E-state index is 12.9. The summed E-state index contributed by atoms with van der Waals surface area (Å²) >= 11 is 0. The van der Waals surface area contributed by atoms with E-state index in [1.807, 2.05) is 28.8 Å². The van der Waals surface area contributed by atoms with Gasteiger partial charge < -0.3 is 18.9 Å². The number of benzene rings is 2. The van der Waals surface area contributed by atoms with Crippen LogP contribution in [-0.4, -0.2) is 53.7 Å². The normalized spacial score (nSPS) is 11.3. The standard InChI is InChI=1S/C22H26F2N4O3/c1-4-27(5-2)12-13-28-17-9-7-6-8-16(17)25-22(28)26-20(29)15-10-11-18(31-21(23)24)19(14-15)30-3/h6-11,14,21H,4-5,12-13H2,1-3H3,(H,25,26,29). The molecule has 0 spiro atoms. The summed E-state index contributed by atoms with van der Waals surface area (Å²) in [6, 6.07) is 11.7. The fraction of sp³-hybridized carbons (Fsp3) is 0.364. The number of aromatic nitrogens is 2. The maximum Gasteiger partial charge on any atom is 0.387 e. The number of halogens is 2. The molecule has 0 aliphatic rings. The van der Waals surface area contributed by atoms with Gasteiger partial charge >= 0.3 is 6.61 Å². The minimum absolute atomic E-state index is 0.0444. The molecule has 0 unspecified atom stereocenters. The fourth-order valence-electron chi connectivity index (χ4n) is 3.35. The molecular formula is C22H26F2N4O3. The van der Waals surface area contributed by atoms with Gasteiger partial charge in [-0.05, 0) is 43.4 Å². The summed E-state index contributed by atoms with van der Waals surface area (Å²) in [6.45, 7) is 4.54. The van der Waals surface area contributed by atoms with Crippen molar-refractivity contribution < 1.29 is 23.0 Å². The number of hydrogen-bond acceptors (Lipinski definition) is 5. The molecule has 0 aliphatic heterocycles. The molecule has 0 aliphatic carbocycles. The number of methoxy groups -OCH3 is 1. The van der Waals surface area contributed by atoms with Crippen molar-refractivity contribution in [3.63, 3.8) is 0 Å². The number of ether oxygens (including phenoxy) is 2. The highest BCUT2D eigenvalue weighted by molar-refractivity contribution is 6.04. The van der Waals surface area contributed by atoms with Crippen LogP contribution in [0.15, 0.2) is 42.5 Å². The maximum absolute atomic E-state index is 12.9. The molecule has 0 bridgehead atoms. The first-order valence-electron chi connectivity index (χ1n) is 10.1. The molecule has 0 saturated heterocycles. The van der Waals surface area contributed by atoms with Gasteiger partial charge in [-0.2, -0.15) is 8.78 Å². The Bertz CT molecular complexity index is 1030. The van der Waals surface area contributed by atoms with E-state index in [2.05, 4.69) is 33.8 Å². The van der Waals surface area contributed by atoms with E-state index in [0.29, 0.717) is 12.5 Å². The van der Waals surface area contributed by atoms with Crippen molar-refractivity contribution in [1.29, 1.82) is 0 Å². The molecule has 0 radical (unpaired) electrons. The van der Waals surface area contributed by atoms with Gasteiger partial charge in [0.25, 0.3) is 5.91 Å². The molecule has 0 fully saturated rings. The third-order valence-electron chi connectivity index (χ3n) is 5.06. The van der Waals surface area contributed by atoms with Crippen LogP contribution in [0.2, 0.25) is 0 Å². The molecule has 9 heteroatoms. The molecule has 1 aromatic heterocycles. The zero-order valence-corrected chi connectivity index (χ0v) is 17.8. The molecule has 0 saturated carbocycles. The lowest BCUT2D eigenvalue weighted by Crippen LogP contribution is -2.27. The van der Waals surface area contributed by atoms with Crippen molar-refractivity contribution in [2.24, 2.45) is 0 Å². The van der Waals surface area contributed by atoms with Crippen molar-refractivity contribution in [3.05, 3.63) is 48.0 Å². The van der Waals surface area contributed by atoms with Gasteiger partial charge in [-0.15, -0.1) is 0 Å². The molecule has 1 N–H and O–H groups in total. The summed E-state index contributed by atoms with van der Waals surface area (Å²) < 4.78 is 36.5. The van der Waals surface area contributed by atoms with E-state index in [9.17, 15) is 13.6 Å². The molecule has 7 nitrogen and oxygen atoms in total. The lowest BCUT2D eigenvalue weighted by atomic mass is 10.2. The molecule has 166 valence electrons. The third kappa shape index (κ3) is 5.29. The Hall–Kier alpha value is -3.20. The van der Waals surface area contributed by atoms with Gasteiger partial charge in [0.05, 0.1) is 18.1 Å². The van der Waals surface area contributed by atoms with Crippen LogP contribution in [0.1, 0.15) is 24.2 Å². The number of alkyl halides is 2. The molecule has 3 aromatic rings. The lowest BCUT2D eigenvalue weighted by molar-refractivity contribution is -0.0512. The predicted octanol–water partition coefficient (Wildman–Crippen LogP) is 4.24. The van der Waals surface area contributed by atoms with Crippen molar-refractivity contribution in [3.8, 4) is 11.5 Å². The van der Waals surface area contributed by atoms with Crippen LogP contribution < -0.4 is 14.8 Å². The van der Waals surface area contributed by atoms with E-state index < -0.39 is 12.5 Å². The van der Waals surface area contributed by atoms with E-state index in [1.165, 1.54) is 25.3 Å². The molecule has 1 amide bonds. The molecular weight excluding hydrogens is 406 g/mol. The number of nitrogens with one attached hydrogen (secondary N) is 1. The number of fused-ring (bicyclic) bond motifs is 1. The predicted molar refractivity (Wildman–Crippen MR) is 115 cm³/mol. The number of hydrogen-bond donors (Lipinski definition) is 1. The molecule has 0 atom stereocenters. The van der Waals surface area contributed by atoms with Crippen LogP contribution in [0.3, 0.4) is 0 Å². The highest BCUT2D eigenvalue weighted by atomic mass is 19.3. The number of nitrogens with zero attached hydrogens (tertiary/aromatic N) is 3. The van der Waals surface area contributed by atoms with Crippen molar-refractivity contribution in [1.82, 2.24) is 14.5 Å². The Labute approximate surface area is 179 Å². The summed E-state index contributed by atoms with van der Waals surface area (Å²) in [7, 11) is 1.32. The van der Waals surface area contributed by atoms with Crippen LogP contribution in [-0.2, 0) is 6.54 Å². The molecule has 3 rings (SSSR count). The van der Waals surface area contributed by atoms with Gasteiger partial charge in [-0.1, -0.05) is 26.0 Å². The number of amides is 1. The van der Waals surface area contributed by atoms with E-state index >= 15 is 0 Å². The molecule has 31 heavy (non-hydrogen) atoms. The smallest absolute Gasteiger partial charge is 0.387 e. The summed E-state index contributed by atoms with van der Waals surface area (Å²) in [6.07, 6.45) is 0. The topological polar surface area (TPSA) is 68.6 Å². The average Bonchev–Trinajstić information content (AvgIpc) is 3.11. The first kappa shape index (κ1) is 22.5. The summed E-state index contributed by atoms with van der Waals surface area (Å²) in [5.74, 6) is -0.102. The molecule has 1 heterocycles. The second-order valence-electron chi connectivity index (χ2n) is 6.80. The minimum Gasteiger partial charge on any atom is -0.493 e. The van der Waals surface area contributed by atoms with Crippen molar-refractivity contribution >= 4 is 22.9 Å². The number of carbonyl (C=O) groups is 1. The minimum atomic E-state index is -2.99. The van der Waals surface area contributed by atoms with E-state index in [0.717, 1.165) is 30.7 Å². The second-order valence-corrected chi connectivity index (χ2v) is 6.80. The Morgan fingerprint density at radius 3 is 2.58 bits per heavy atom. The SMILES string of the molecule is CCN(CC)CCn1c(NC(=O)c2ccc(OC(F)F)c(OC)c2)nc2ccccc21. The van der Waals surface area contributed by atoms with Gasteiger partial charge in [0.2, 0.25) is 5.95 Å². The molecule has 2 aromatic carbocycles. The highest BCUT2D eigenvalue weighted by Gasteiger charge is 2.18. The number of rotatable bonds is 10. The monoisotopic (exact) mass is 432 g/mol. The van der Waals surface area contributed by atoms with Gasteiger partial charge in [0.1, 0.15) is 0 Å². The Morgan fingerprint density at radius 1 is 1.16 bits per heavy atom. The lowest BCUT2D eigenvalue weighted by Gasteiger charge is -2.19. The third-order valence-corrected chi connectivity index (χ3v) is 5.06. The quantitative estimate of drug-likeness (QED) is 0.519. The van der Waals surface area contributed by atoms with Crippen molar-refractivity contribution in [2.45, 2.75) is 27.0 Å². The zero-order chi connectivity index (χ0) is 22.4. The van der Waals surface area contributed by atoms with Gasteiger partial charge in [0, 0.05) is 18.7 Å². The van der Waals surface area contributed by atoms with Crippen LogP contribution in [0.25, 0.3) is 11.0 Å². The number of anilines is 1. The van der Waals surface area contributed by atoms with Crippen LogP contribution in [0.4, 0.5) is 14.7 Å². The summed E-state index contributed by atoms with van der Waals surface area (Å²) in [4.78, 5) is 19.7. The average molecular weight is 432 g/mol. The van der Waals surface area contributed by atoms with Gasteiger partial charge in [0.15, 0.2) is 11.5 Å². The van der Waals surface area contributed by atoms with E-state index in [-0.39, 0.29) is 17.1 Å². The Kier molecular flexibility index (Phi) is 7.41. The summed E-state index contributed by atoms with van der Waals surface area (Å²) in [5.41, 5.74) is 1.93. The second kappa shape index (κ2) is 10.2. The van der Waals surface area contributed by atoms with Crippen LogP contribution in [0, 0.1) is 0 Å². The Morgan fingerprint density at radius 2 is 1.90 bits per heavy atom. The zero-order valence-electron chi connectivity index (χ0n) is 17.8. The van der Waals surface area contributed by atoms with Crippen molar-refractivity contribution in [2.75, 3.05) is 32.1 Å². The number of likely N-dealkylation sites (N-methyl/N-ethyl adjacent to an activating group) is 1. The first-order chi connectivity index (χ1) is 15.0. The van der Waals surface area contributed by atoms with Crippen LogP contribution >= 0.6 is 0 Å². The number of carbonyl (C=O) groups excluding carboxylic acids is 1. The van der Waals surface area contributed by atoms with Gasteiger partial charge in [-0.25, -0.2) is 4.98 Å². The highest BCUT2D eigenvalue weighted by Crippen LogP contribution is 2.30. The van der Waals surface area contributed by atoms with E-state index in [4.69, 9.17) is 4.74 Å². The number of imidazole rings is 1. The van der Waals surface area contributed by atoms with Crippen LogP contribution in [0.5, 0.6) is 11.5 Å². The summed E-state index contributed by atoms with van der Waals surface area (Å²) in [5, 5.41) is 2.84. The van der Waals surface area contributed by atoms with Gasteiger partial charge in [-0.3, -0.25) is 10.1 Å². The van der Waals surface area contributed by atoms with E-state index in [1.54, 1.807) is 0 Å². The fourth-order valence-corrected chi connectivity index (χ4v) is 3.35. The Balaban J connectivity index is 1.87. The first-order valence-corrected chi connectivity index (χ1v) is 10.1.